The molecule has 4 N–H and O–H groups in total. The van der Waals surface area contributed by atoms with Crippen LogP contribution in [0.25, 0.3) is 0 Å². The van der Waals surface area contributed by atoms with Crippen LogP contribution in [0, 0.1) is 0 Å². The minimum atomic E-state index is -4.71. The number of thiazole rings is 1. The third kappa shape index (κ3) is 6.85. The lowest BCUT2D eigenvalue weighted by atomic mass is 10.2. The molecule has 0 spiro atoms. The van der Waals surface area contributed by atoms with Crippen molar-refractivity contribution in [2.75, 3.05) is 24.2 Å². The number of amides is 3. The Morgan fingerprint density at radius 3 is 2.50 bits per heavy atom. The second kappa shape index (κ2) is 11.3. The number of hydrogen-bond acceptors (Lipinski definition) is 9. The van der Waals surface area contributed by atoms with E-state index < -0.39 is 34.6 Å². The molecule has 0 radical (unpaired) electrons. The van der Waals surface area contributed by atoms with E-state index >= 15 is 0 Å². The predicted octanol–water partition coefficient (Wildman–Crippen LogP) is 2.90. The van der Waals surface area contributed by atoms with Crippen LogP contribution in [0.3, 0.4) is 0 Å². The van der Waals surface area contributed by atoms with Gasteiger partial charge in [-0.3, -0.25) is 14.4 Å². The van der Waals surface area contributed by atoms with E-state index in [1.807, 2.05) is 0 Å². The summed E-state index contributed by atoms with van der Waals surface area (Å²) in [6.45, 7) is 1.58. The lowest BCUT2D eigenvalue weighted by Crippen LogP contribution is -2.28. The maximum absolute atomic E-state index is 13.0. The molecule has 0 aromatic carbocycles. The second-order valence-electron chi connectivity index (χ2n) is 7.07. The Balaban J connectivity index is 1.64. The fourth-order valence-electron chi connectivity index (χ4n) is 2.66. The number of halogens is 4. The van der Waals surface area contributed by atoms with Gasteiger partial charge in [-0.05, 0) is 13.0 Å². The quantitative estimate of drug-likeness (QED) is 0.339. The van der Waals surface area contributed by atoms with Crippen molar-refractivity contribution >= 4 is 52.3 Å². The monoisotopic (exact) mass is 542 g/mol. The average molecular weight is 543 g/mol. The van der Waals surface area contributed by atoms with Gasteiger partial charge in [-0.1, -0.05) is 11.6 Å². The molecular formula is C20H18ClF3N8O3S. The summed E-state index contributed by atoms with van der Waals surface area (Å²) in [6, 6.07) is 1.36. The number of nitrogens with zero attached hydrogens (tertiary/aromatic N) is 4. The van der Waals surface area contributed by atoms with E-state index in [1.54, 1.807) is 6.92 Å². The number of alkyl halides is 3. The topological polar surface area (TPSA) is 151 Å². The molecule has 11 nitrogen and oxygen atoms in total. The normalized spacial score (nSPS) is 11.9. The van der Waals surface area contributed by atoms with E-state index in [4.69, 9.17) is 11.6 Å². The van der Waals surface area contributed by atoms with Crippen molar-refractivity contribution in [1.29, 1.82) is 0 Å². The minimum Gasteiger partial charge on any atom is -0.361 e. The van der Waals surface area contributed by atoms with E-state index in [1.165, 1.54) is 19.3 Å². The number of anilines is 2. The zero-order chi connectivity index (χ0) is 26.5. The SMILES string of the molecule is CNC(=O)CNc1cc(C(=O)NC(C)c2ncc(C(=O)Nc3cc(C(F)(F)F)c(Cl)cn3)s2)ncn1. The average Bonchev–Trinajstić information content (AvgIpc) is 3.34. The number of likely N-dealkylation sites (N-methyl/N-ethyl adjacent to an activating group) is 1. The highest BCUT2D eigenvalue weighted by atomic mass is 35.5. The molecule has 3 heterocycles. The fourth-order valence-corrected chi connectivity index (χ4v) is 3.69. The number of nitrogens with one attached hydrogen (secondary N) is 4. The van der Waals surface area contributed by atoms with E-state index in [0.29, 0.717) is 11.1 Å². The Labute approximate surface area is 210 Å². The molecule has 3 rings (SSSR count). The van der Waals surface area contributed by atoms with Crippen molar-refractivity contribution in [2.45, 2.75) is 19.1 Å². The van der Waals surface area contributed by atoms with Crippen LogP contribution in [0.4, 0.5) is 24.8 Å². The van der Waals surface area contributed by atoms with Crippen molar-refractivity contribution < 1.29 is 27.6 Å². The molecule has 0 aliphatic rings. The van der Waals surface area contributed by atoms with E-state index in [9.17, 15) is 27.6 Å². The first kappa shape index (κ1) is 26.7. The highest BCUT2D eigenvalue weighted by molar-refractivity contribution is 7.13. The first-order valence-electron chi connectivity index (χ1n) is 10.0. The van der Waals surface area contributed by atoms with Crippen LogP contribution in [0.15, 0.2) is 30.9 Å². The number of pyridine rings is 1. The van der Waals surface area contributed by atoms with Crippen LogP contribution in [0.5, 0.6) is 0 Å². The summed E-state index contributed by atoms with van der Waals surface area (Å²) in [5, 5.41) is 9.90. The van der Waals surface area contributed by atoms with E-state index in [0.717, 1.165) is 23.9 Å². The van der Waals surface area contributed by atoms with Gasteiger partial charge < -0.3 is 21.3 Å². The summed E-state index contributed by atoms with van der Waals surface area (Å²) >= 11 is 6.47. The number of hydrogen-bond donors (Lipinski definition) is 4. The van der Waals surface area contributed by atoms with Gasteiger partial charge in [0.05, 0.1) is 29.4 Å². The largest absolute Gasteiger partial charge is 0.418 e. The first-order chi connectivity index (χ1) is 17.0. The van der Waals surface area contributed by atoms with Gasteiger partial charge in [-0.2, -0.15) is 13.2 Å². The van der Waals surface area contributed by atoms with Crippen molar-refractivity contribution in [1.82, 2.24) is 30.6 Å². The molecule has 0 fully saturated rings. The Morgan fingerprint density at radius 2 is 1.81 bits per heavy atom. The van der Waals surface area contributed by atoms with Gasteiger partial charge in [-0.25, -0.2) is 19.9 Å². The van der Waals surface area contributed by atoms with Crippen LogP contribution in [0.1, 0.15) is 43.7 Å². The number of carbonyl (C=O) groups is 3. The summed E-state index contributed by atoms with van der Waals surface area (Å²) in [6.07, 6.45) is -1.53. The molecule has 0 aliphatic heterocycles. The summed E-state index contributed by atoms with van der Waals surface area (Å²) in [5.41, 5.74) is -1.10. The maximum Gasteiger partial charge on any atom is 0.418 e. The van der Waals surface area contributed by atoms with Crippen molar-refractivity contribution in [3.8, 4) is 0 Å². The molecular weight excluding hydrogens is 525 g/mol. The number of carbonyl (C=O) groups excluding carboxylic acids is 3. The maximum atomic E-state index is 13.0. The van der Waals surface area contributed by atoms with Gasteiger partial charge in [0.15, 0.2) is 0 Å². The summed E-state index contributed by atoms with van der Waals surface area (Å²) < 4.78 is 39.1. The smallest absolute Gasteiger partial charge is 0.361 e. The van der Waals surface area contributed by atoms with Gasteiger partial charge in [-0.15, -0.1) is 11.3 Å². The standard InChI is InChI=1S/C20H18ClF3N8O3S/c1-9(31-17(34)12-4-14(30-8-29-12)27-7-16(33)25-2)19-28-6-13(36-19)18(35)32-15-3-10(20(22,23)24)11(21)5-26-15/h3-6,8-9H,7H2,1-2H3,(H,25,33)(H,31,34)(H,26,32,35)(H,27,29,30). The zero-order valence-electron chi connectivity index (χ0n) is 18.6. The molecule has 36 heavy (non-hydrogen) atoms. The van der Waals surface area contributed by atoms with Gasteiger partial charge >= 0.3 is 6.18 Å². The van der Waals surface area contributed by atoms with Crippen LogP contribution < -0.4 is 21.3 Å². The fraction of sp³-hybridized carbons (Fsp3) is 0.250. The molecule has 3 aromatic heterocycles. The predicted molar refractivity (Wildman–Crippen MR) is 125 cm³/mol. The molecule has 0 bridgehead atoms. The molecule has 3 amide bonds. The van der Waals surface area contributed by atoms with Crippen LogP contribution >= 0.6 is 22.9 Å². The molecule has 16 heteroatoms. The molecule has 190 valence electrons. The number of aromatic nitrogens is 4. The highest BCUT2D eigenvalue weighted by Gasteiger charge is 2.34. The molecule has 0 saturated carbocycles. The second-order valence-corrected chi connectivity index (χ2v) is 8.54. The van der Waals surface area contributed by atoms with E-state index in [2.05, 4.69) is 41.2 Å². The Kier molecular flexibility index (Phi) is 8.37. The molecule has 3 aromatic rings. The van der Waals surface area contributed by atoms with Gasteiger partial charge in [0.2, 0.25) is 5.91 Å². The lowest BCUT2D eigenvalue weighted by molar-refractivity contribution is -0.137. The first-order valence-corrected chi connectivity index (χ1v) is 11.2. The summed E-state index contributed by atoms with van der Waals surface area (Å²) in [7, 11) is 1.48. The van der Waals surface area contributed by atoms with Gasteiger partial charge in [0.25, 0.3) is 11.8 Å². The highest BCUT2D eigenvalue weighted by Crippen LogP contribution is 2.35. The third-order valence-corrected chi connectivity index (χ3v) is 5.96. The van der Waals surface area contributed by atoms with Gasteiger partial charge in [0, 0.05) is 19.3 Å². The van der Waals surface area contributed by atoms with Crippen molar-refractivity contribution in [3.63, 3.8) is 0 Å². The Bertz CT molecular complexity index is 1290. The number of rotatable bonds is 8. The van der Waals surface area contributed by atoms with Crippen LogP contribution in [0.2, 0.25) is 5.02 Å². The lowest BCUT2D eigenvalue weighted by Gasteiger charge is -2.11. The zero-order valence-corrected chi connectivity index (χ0v) is 20.2. The Morgan fingerprint density at radius 1 is 1.06 bits per heavy atom. The molecule has 0 aliphatic carbocycles. The third-order valence-electron chi connectivity index (χ3n) is 4.48. The minimum absolute atomic E-state index is 0.0278. The van der Waals surface area contributed by atoms with Crippen LogP contribution in [-0.4, -0.2) is 51.2 Å². The summed E-state index contributed by atoms with van der Waals surface area (Å²) in [5.74, 6) is -1.63. The molecule has 1 unspecified atom stereocenters. The molecule has 0 saturated heterocycles. The molecule has 1 atom stereocenters. The van der Waals surface area contributed by atoms with Crippen LogP contribution in [-0.2, 0) is 11.0 Å². The summed E-state index contributed by atoms with van der Waals surface area (Å²) in [4.78, 5) is 52.1. The van der Waals surface area contributed by atoms with Gasteiger partial charge in [0.1, 0.15) is 33.5 Å². The van der Waals surface area contributed by atoms with E-state index in [-0.39, 0.29) is 34.7 Å². The Hall–Kier alpha value is -3.85. The van der Waals surface area contributed by atoms with Crippen molar-refractivity contribution in [3.05, 3.63) is 57.0 Å². The van der Waals surface area contributed by atoms with Crippen molar-refractivity contribution in [2.24, 2.45) is 0 Å².